The molecule has 0 fully saturated rings. The molecule has 0 aliphatic carbocycles. The molecule has 94 valence electrons. The fourth-order valence-corrected chi connectivity index (χ4v) is 1.54. The van der Waals surface area contributed by atoms with Crippen molar-refractivity contribution in [2.75, 3.05) is 13.9 Å². The molecule has 17 heavy (non-hydrogen) atoms. The lowest BCUT2D eigenvalue weighted by molar-refractivity contribution is -0.147. The molecule has 1 aliphatic rings. The van der Waals surface area contributed by atoms with Crippen LogP contribution in [0.25, 0.3) is 0 Å². The summed E-state index contributed by atoms with van der Waals surface area (Å²) in [5.41, 5.74) is 0. The van der Waals surface area contributed by atoms with Crippen LogP contribution in [0.5, 0.6) is 0 Å². The van der Waals surface area contributed by atoms with E-state index in [0.29, 0.717) is 18.6 Å². The predicted octanol–water partition coefficient (Wildman–Crippen LogP) is 0.581. The minimum Gasteiger partial charge on any atom is -0.471 e. The third kappa shape index (κ3) is 4.89. The molecule has 0 spiro atoms. The number of hydrogen-bond acceptors (Lipinski definition) is 5. The molecule has 2 atom stereocenters. The highest BCUT2D eigenvalue weighted by Crippen LogP contribution is 2.21. The van der Waals surface area contributed by atoms with Crippen molar-refractivity contribution < 1.29 is 24.1 Å². The van der Waals surface area contributed by atoms with Gasteiger partial charge in [0.1, 0.15) is 11.9 Å². The molecule has 0 aromatic rings. The first-order valence-corrected chi connectivity index (χ1v) is 5.30. The molecule has 0 radical (unpaired) electrons. The van der Waals surface area contributed by atoms with Crippen molar-refractivity contribution in [1.82, 2.24) is 0 Å². The first kappa shape index (κ1) is 13.6. The van der Waals surface area contributed by atoms with Gasteiger partial charge in [0, 0.05) is 26.4 Å². The number of carbonyl (C=O) groups is 1. The summed E-state index contributed by atoms with van der Waals surface area (Å²) in [6, 6.07) is 0. The summed E-state index contributed by atoms with van der Waals surface area (Å²) >= 11 is 0. The molecule has 1 rings (SSSR count). The Hall–Kier alpha value is -1.51. The van der Waals surface area contributed by atoms with Crippen LogP contribution in [0.15, 0.2) is 11.8 Å². The summed E-state index contributed by atoms with van der Waals surface area (Å²) in [7, 11) is 1.50. The van der Waals surface area contributed by atoms with E-state index in [-0.39, 0.29) is 13.2 Å². The van der Waals surface area contributed by atoms with Crippen molar-refractivity contribution in [3.63, 3.8) is 0 Å². The lowest BCUT2D eigenvalue weighted by Gasteiger charge is -2.24. The lowest BCUT2D eigenvalue weighted by atomic mass is 10.0. The Morgan fingerprint density at radius 2 is 2.53 bits per heavy atom. The van der Waals surface area contributed by atoms with E-state index in [1.54, 1.807) is 0 Å². The molecule has 0 aromatic heterocycles. The highest BCUT2D eigenvalue weighted by atomic mass is 16.7. The zero-order valence-corrected chi connectivity index (χ0v) is 9.72. The first-order valence-electron chi connectivity index (χ1n) is 5.30. The molecular formula is C12H16O5. The number of carbonyl (C=O) groups excluding carboxylic acids is 1. The zero-order chi connectivity index (χ0) is 12.7. The van der Waals surface area contributed by atoms with E-state index < -0.39 is 18.2 Å². The highest BCUT2D eigenvalue weighted by Gasteiger charge is 2.24. The summed E-state index contributed by atoms with van der Waals surface area (Å²) in [5, 5.41) is 9.53. The predicted molar refractivity (Wildman–Crippen MR) is 59.6 cm³/mol. The number of aliphatic hydroxyl groups is 1. The first-order chi connectivity index (χ1) is 8.15. The summed E-state index contributed by atoms with van der Waals surface area (Å²) in [6.45, 7) is 0.0821. The minimum atomic E-state index is -0.667. The molecule has 0 aromatic carbocycles. The van der Waals surface area contributed by atoms with Crippen LogP contribution in [0.4, 0.5) is 0 Å². The largest absolute Gasteiger partial charge is 0.471 e. The van der Waals surface area contributed by atoms with E-state index in [4.69, 9.17) is 20.6 Å². The fourth-order valence-electron chi connectivity index (χ4n) is 1.54. The lowest BCUT2D eigenvalue weighted by Crippen LogP contribution is -2.27. The molecule has 1 N–H and O–H groups in total. The maximum atomic E-state index is 11.2. The number of ether oxygens (including phenoxy) is 3. The molecule has 0 saturated heterocycles. The number of terminal acetylenes is 1. The molecule has 5 nitrogen and oxygen atoms in total. The molecule has 1 heterocycles. The molecule has 1 aliphatic heterocycles. The standard InChI is InChI=1S/C12H16O5/c1-3-4-9(13)5-11-6-10(16-8-15-2)7-12(14)17-11/h1,7,9,11,13H,4-6,8H2,2H3/t9-,11-/m1/s1. The maximum absolute atomic E-state index is 11.2. The summed E-state index contributed by atoms with van der Waals surface area (Å²) in [5.74, 6) is 2.39. The molecule has 5 heteroatoms. The second-order valence-corrected chi connectivity index (χ2v) is 3.72. The van der Waals surface area contributed by atoms with Crippen LogP contribution in [0.2, 0.25) is 0 Å². The Morgan fingerprint density at radius 1 is 1.76 bits per heavy atom. The van der Waals surface area contributed by atoms with E-state index in [9.17, 15) is 9.90 Å². The Balaban J connectivity index is 2.47. The van der Waals surface area contributed by atoms with Crippen LogP contribution in [0.1, 0.15) is 19.3 Å². The van der Waals surface area contributed by atoms with E-state index >= 15 is 0 Å². The Kier molecular flexibility index (Phi) is 5.53. The quantitative estimate of drug-likeness (QED) is 0.418. The smallest absolute Gasteiger partial charge is 0.334 e. The average Bonchev–Trinajstić information content (AvgIpc) is 2.25. The van der Waals surface area contributed by atoms with E-state index in [0.717, 1.165) is 0 Å². The Bertz CT molecular complexity index is 328. The van der Waals surface area contributed by atoms with Gasteiger partial charge in [0.05, 0.1) is 12.2 Å². The van der Waals surface area contributed by atoms with Crippen LogP contribution in [-0.4, -0.2) is 37.2 Å². The summed E-state index contributed by atoms with van der Waals surface area (Å²) in [4.78, 5) is 11.2. The van der Waals surface area contributed by atoms with Crippen LogP contribution >= 0.6 is 0 Å². The van der Waals surface area contributed by atoms with Crippen LogP contribution in [0.3, 0.4) is 0 Å². The Labute approximate surface area is 100 Å². The number of esters is 1. The van der Waals surface area contributed by atoms with Crippen LogP contribution in [-0.2, 0) is 19.0 Å². The molecular weight excluding hydrogens is 224 g/mol. The van der Waals surface area contributed by atoms with Gasteiger partial charge in [-0.3, -0.25) is 0 Å². The topological polar surface area (TPSA) is 65.0 Å². The van der Waals surface area contributed by atoms with Gasteiger partial charge < -0.3 is 19.3 Å². The second kappa shape index (κ2) is 6.94. The summed E-state index contributed by atoms with van der Waals surface area (Å²) < 4.78 is 15.0. The monoisotopic (exact) mass is 240 g/mol. The molecule has 0 saturated carbocycles. The number of cyclic esters (lactones) is 1. The number of hydrogen-bond donors (Lipinski definition) is 1. The van der Waals surface area contributed by atoms with Gasteiger partial charge in [0.25, 0.3) is 0 Å². The number of aliphatic hydroxyl groups excluding tert-OH is 1. The van der Waals surface area contributed by atoms with Crippen molar-refractivity contribution >= 4 is 5.97 Å². The van der Waals surface area contributed by atoms with Crippen LogP contribution in [0, 0.1) is 12.3 Å². The van der Waals surface area contributed by atoms with Crippen molar-refractivity contribution in [3.05, 3.63) is 11.8 Å². The molecule has 0 bridgehead atoms. The van der Waals surface area contributed by atoms with E-state index in [1.165, 1.54) is 13.2 Å². The highest BCUT2D eigenvalue weighted by molar-refractivity contribution is 5.83. The number of rotatable bonds is 6. The van der Waals surface area contributed by atoms with Gasteiger partial charge >= 0.3 is 5.97 Å². The maximum Gasteiger partial charge on any atom is 0.334 e. The van der Waals surface area contributed by atoms with Crippen molar-refractivity contribution in [1.29, 1.82) is 0 Å². The van der Waals surface area contributed by atoms with Gasteiger partial charge in [-0.15, -0.1) is 12.3 Å². The van der Waals surface area contributed by atoms with Gasteiger partial charge in [0.15, 0.2) is 6.79 Å². The van der Waals surface area contributed by atoms with Crippen molar-refractivity contribution in [2.45, 2.75) is 31.5 Å². The Morgan fingerprint density at radius 3 is 3.18 bits per heavy atom. The SMILES string of the molecule is C#CC[C@@H](O)C[C@@H]1CC(OCOC)=CC(=O)O1. The third-order valence-corrected chi connectivity index (χ3v) is 2.24. The fraction of sp³-hybridized carbons (Fsp3) is 0.583. The molecule has 0 amide bonds. The van der Waals surface area contributed by atoms with Gasteiger partial charge in [-0.2, -0.15) is 0 Å². The van der Waals surface area contributed by atoms with Gasteiger partial charge in [-0.1, -0.05) is 0 Å². The van der Waals surface area contributed by atoms with E-state index in [1.807, 2.05) is 0 Å². The normalized spacial score (nSPS) is 21.1. The molecule has 0 unspecified atom stereocenters. The van der Waals surface area contributed by atoms with Crippen LogP contribution < -0.4 is 0 Å². The van der Waals surface area contributed by atoms with Crippen molar-refractivity contribution in [3.8, 4) is 12.3 Å². The zero-order valence-electron chi connectivity index (χ0n) is 9.72. The van der Waals surface area contributed by atoms with Gasteiger partial charge in [-0.25, -0.2) is 4.79 Å². The van der Waals surface area contributed by atoms with Crippen molar-refractivity contribution in [2.24, 2.45) is 0 Å². The minimum absolute atomic E-state index is 0.0821. The van der Waals surface area contributed by atoms with Gasteiger partial charge in [-0.05, 0) is 0 Å². The van der Waals surface area contributed by atoms with Gasteiger partial charge in [0.2, 0.25) is 0 Å². The average molecular weight is 240 g/mol. The van der Waals surface area contributed by atoms with E-state index in [2.05, 4.69) is 5.92 Å². The number of methoxy groups -OCH3 is 1. The third-order valence-electron chi connectivity index (χ3n) is 2.24. The second-order valence-electron chi connectivity index (χ2n) is 3.72. The summed E-state index contributed by atoms with van der Waals surface area (Å²) in [6.07, 6.45) is 6.28.